The van der Waals surface area contributed by atoms with Crippen LogP contribution in [0.25, 0.3) is 0 Å². The van der Waals surface area contributed by atoms with E-state index in [0.717, 1.165) is 23.1 Å². The predicted octanol–water partition coefficient (Wildman–Crippen LogP) is 3.11. The van der Waals surface area contributed by atoms with Crippen molar-refractivity contribution in [2.45, 2.75) is 39.3 Å². The van der Waals surface area contributed by atoms with Gasteiger partial charge in [-0.3, -0.25) is 9.59 Å². The fourth-order valence-corrected chi connectivity index (χ4v) is 3.80. The van der Waals surface area contributed by atoms with E-state index >= 15 is 0 Å². The molecule has 0 fully saturated rings. The predicted molar refractivity (Wildman–Crippen MR) is 98.0 cm³/mol. The van der Waals surface area contributed by atoms with E-state index in [2.05, 4.69) is 15.5 Å². The fourth-order valence-electron chi connectivity index (χ4n) is 2.12. The lowest BCUT2D eigenvalue weighted by atomic mass is 10.1. The summed E-state index contributed by atoms with van der Waals surface area (Å²) in [5.74, 6) is -0.572. The number of Topliss-reactive ketones (excluding diaryl/α,β-unsaturated/α-hetero) is 1. The Hall–Kier alpha value is -2.20. The zero-order valence-electron chi connectivity index (χ0n) is 14.9. The summed E-state index contributed by atoms with van der Waals surface area (Å²) in [6.07, 6.45) is 0.616. The Balaban J connectivity index is 2.13. The minimum absolute atomic E-state index is 0.0277. The smallest absolute Gasteiger partial charge is 0.341 e. The number of hydrogen-bond acceptors (Lipinski definition) is 9. The van der Waals surface area contributed by atoms with Gasteiger partial charge in [-0.1, -0.05) is 18.7 Å². The lowest BCUT2D eigenvalue weighted by molar-refractivity contribution is -0.113. The molecule has 0 unspecified atom stereocenters. The number of nitrogens with one attached hydrogen (secondary N) is 1. The summed E-state index contributed by atoms with van der Waals surface area (Å²) in [6.45, 7) is 6.85. The van der Waals surface area contributed by atoms with E-state index < -0.39 is 5.97 Å². The van der Waals surface area contributed by atoms with Gasteiger partial charge in [-0.15, -0.1) is 21.5 Å². The molecule has 2 aromatic heterocycles. The van der Waals surface area contributed by atoms with Gasteiger partial charge in [-0.25, -0.2) is 4.79 Å². The van der Waals surface area contributed by atoms with Gasteiger partial charge < -0.3 is 14.5 Å². The number of anilines is 1. The number of thiophene rings is 1. The van der Waals surface area contributed by atoms with Crippen molar-refractivity contribution in [3.63, 3.8) is 0 Å². The highest BCUT2D eigenvalue weighted by Gasteiger charge is 2.25. The molecule has 2 rings (SSSR count). The minimum Gasteiger partial charge on any atom is -0.462 e. The Morgan fingerprint density at radius 3 is 2.58 bits per heavy atom. The summed E-state index contributed by atoms with van der Waals surface area (Å²) < 4.78 is 10.4. The number of rotatable bonds is 8. The molecule has 1 amide bonds. The number of ketones is 1. The van der Waals surface area contributed by atoms with Crippen molar-refractivity contribution in [2.24, 2.45) is 0 Å². The van der Waals surface area contributed by atoms with Gasteiger partial charge in [0.1, 0.15) is 5.00 Å². The number of thioether (sulfide) groups is 1. The first kappa shape index (κ1) is 20.1. The maximum Gasteiger partial charge on any atom is 0.341 e. The number of aromatic nitrogens is 2. The van der Waals surface area contributed by atoms with E-state index in [9.17, 15) is 14.4 Å². The SMILES string of the molecule is CCOC(=O)c1c(NC(=O)CSc2nnc(CC)o2)sc(C(C)=O)c1C. The molecule has 0 radical (unpaired) electrons. The first-order chi connectivity index (χ1) is 12.4. The third-order valence-electron chi connectivity index (χ3n) is 3.28. The van der Waals surface area contributed by atoms with Crippen LogP contribution in [0.2, 0.25) is 0 Å². The second kappa shape index (κ2) is 8.95. The number of amides is 1. The summed E-state index contributed by atoms with van der Waals surface area (Å²) in [5, 5.41) is 10.9. The van der Waals surface area contributed by atoms with Crippen LogP contribution >= 0.6 is 23.1 Å². The van der Waals surface area contributed by atoms with Gasteiger partial charge in [0.2, 0.25) is 11.8 Å². The standard InChI is InChI=1S/C16H19N3O5S2/c1-5-11-18-19-16(24-11)25-7-10(21)17-14-12(15(22)23-6-2)8(3)13(26-14)9(4)20/h5-7H2,1-4H3,(H,17,21). The molecule has 0 atom stereocenters. The molecule has 0 aromatic carbocycles. The number of esters is 1. The van der Waals surface area contributed by atoms with E-state index in [1.165, 1.54) is 6.92 Å². The lowest BCUT2D eigenvalue weighted by Crippen LogP contribution is -2.16. The van der Waals surface area contributed by atoms with Crippen LogP contribution in [0.5, 0.6) is 0 Å². The average molecular weight is 397 g/mol. The number of hydrogen-bond donors (Lipinski definition) is 1. The van der Waals surface area contributed by atoms with Crippen molar-refractivity contribution >= 4 is 45.8 Å². The molecule has 26 heavy (non-hydrogen) atoms. The van der Waals surface area contributed by atoms with Gasteiger partial charge in [0, 0.05) is 6.42 Å². The molecule has 0 spiro atoms. The van der Waals surface area contributed by atoms with Crippen LogP contribution in [-0.4, -0.2) is 40.2 Å². The molecule has 0 aliphatic rings. The van der Waals surface area contributed by atoms with Crippen LogP contribution < -0.4 is 5.32 Å². The molecule has 0 aliphatic heterocycles. The second-order valence-corrected chi connectivity index (χ2v) is 7.14. The zero-order valence-corrected chi connectivity index (χ0v) is 16.5. The molecule has 0 saturated heterocycles. The Morgan fingerprint density at radius 2 is 2.00 bits per heavy atom. The maximum absolute atomic E-state index is 12.2. The van der Waals surface area contributed by atoms with Crippen molar-refractivity contribution in [2.75, 3.05) is 17.7 Å². The van der Waals surface area contributed by atoms with Crippen LogP contribution in [-0.2, 0) is 16.0 Å². The highest BCUT2D eigenvalue weighted by Crippen LogP contribution is 2.34. The number of nitrogens with zero attached hydrogens (tertiary/aromatic N) is 2. The average Bonchev–Trinajstić information content (AvgIpc) is 3.17. The van der Waals surface area contributed by atoms with E-state index in [1.807, 2.05) is 6.92 Å². The van der Waals surface area contributed by atoms with Crippen molar-refractivity contribution in [1.82, 2.24) is 10.2 Å². The van der Waals surface area contributed by atoms with E-state index in [1.54, 1.807) is 13.8 Å². The molecule has 2 heterocycles. The van der Waals surface area contributed by atoms with Gasteiger partial charge >= 0.3 is 5.97 Å². The van der Waals surface area contributed by atoms with Gasteiger partial charge in [0.05, 0.1) is 22.8 Å². The van der Waals surface area contributed by atoms with Crippen LogP contribution in [0.4, 0.5) is 5.00 Å². The van der Waals surface area contributed by atoms with Crippen LogP contribution in [0.15, 0.2) is 9.64 Å². The van der Waals surface area contributed by atoms with Crippen LogP contribution in [0.1, 0.15) is 52.3 Å². The summed E-state index contributed by atoms with van der Waals surface area (Å²) in [7, 11) is 0. The van der Waals surface area contributed by atoms with E-state index in [-0.39, 0.29) is 29.6 Å². The maximum atomic E-state index is 12.2. The molecule has 10 heteroatoms. The molecule has 0 aliphatic carbocycles. The molecule has 0 bridgehead atoms. The second-order valence-electron chi connectivity index (χ2n) is 5.19. The molecular weight excluding hydrogens is 378 g/mol. The number of aryl methyl sites for hydroxylation is 1. The minimum atomic E-state index is -0.568. The Labute approximate surface area is 158 Å². The summed E-state index contributed by atoms with van der Waals surface area (Å²) in [6, 6.07) is 0. The van der Waals surface area contributed by atoms with Gasteiger partial charge in [-0.2, -0.15) is 0 Å². The third kappa shape index (κ3) is 4.70. The normalized spacial score (nSPS) is 10.6. The molecule has 8 nitrogen and oxygen atoms in total. The van der Waals surface area contributed by atoms with Crippen molar-refractivity contribution < 1.29 is 23.5 Å². The van der Waals surface area contributed by atoms with Crippen LogP contribution in [0.3, 0.4) is 0 Å². The molecule has 1 N–H and O–H groups in total. The third-order valence-corrected chi connectivity index (χ3v) is 5.40. The first-order valence-electron chi connectivity index (χ1n) is 7.93. The van der Waals surface area contributed by atoms with Crippen molar-refractivity contribution in [3.8, 4) is 0 Å². The summed E-state index contributed by atoms with van der Waals surface area (Å²) in [4.78, 5) is 36.6. The van der Waals surface area contributed by atoms with Crippen molar-refractivity contribution in [3.05, 3.63) is 21.9 Å². The highest BCUT2D eigenvalue weighted by molar-refractivity contribution is 7.99. The number of ether oxygens (including phenoxy) is 1. The summed E-state index contributed by atoms with van der Waals surface area (Å²) in [5.41, 5.74) is 0.722. The Morgan fingerprint density at radius 1 is 1.27 bits per heavy atom. The fraction of sp³-hybridized carbons (Fsp3) is 0.438. The van der Waals surface area contributed by atoms with Gasteiger partial charge in [0.15, 0.2) is 5.78 Å². The van der Waals surface area contributed by atoms with E-state index in [4.69, 9.17) is 9.15 Å². The first-order valence-corrected chi connectivity index (χ1v) is 9.74. The van der Waals surface area contributed by atoms with Crippen molar-refractivity contribution in [1.29, 1.82) is 0 Å². The lowest BCUT2D eigenvalue weighted by Gasteiger charge is -2.06. The Bertz CT molecular complexity index is 828. The molecular formula is C16H19N3O5S2. The summed E-state index contributed by atoms with van der Waals surface area (Å²) >= 11 is 2.16. The zero-order chi connectivity index (χ0) is 19.3. The quantitative estimate of drug-likeness (QED) is 0.411. The number of carbonyl (C=O) groups excluding carboxylic acids is 3. The number of carbonyl (C=O) groups is 3. The Kier molecular flexibility index (Phi) is 6.92. The molecule has 2 aromatic rings. The van der Waals surface area contributed by atoms with E-state index in [0.29, 0.717) is 33.0 Å². The van der Waals surface area contributed by atoms with Gasteiger partial charge in [-0.05, 0) is 26.3 Å². The van der Waals surface area contributed by atoms with Gasteiger partial charge in [0.25, 0.3) is 5.22 Å². The molecule has 140 valence electrons. The largest absolute Gasteiger partial charge is 0.462 e. The topological polar surface area (TPSA) is 111 Å². The van der Waals surface area contributed by atoms with Crippen LogP contribution in [0, 0.1) is 6.92 Å². The molecule has 0 saturated carbocycles. The monoisotopic (exact) mass is 397 g/mol. The highest BCUT2D eigenvalue weighted by atomic mass is 32.2.